The summed E-state index contributed by atoms with van der Waals surface area (Å²) in [6.45, 7) is 1.02. The summed E-state index contributed by atoms with van der Waals surface area (Å²) in [7, 11) is 0. The fourth-order valence-corrected chi connectivity index (χ4v) is 3.71. The van der Waals surface area contributed by atoms with Crippen molar-refractivity contribution in [1.29, 1.82) is 0 Å². The first-order valence-corrected chi connectivity index (χ1v) is 9.06. The van der Waals surface area contributed by atoms with E-state index in [9.17, 15) is 9.90 Å². The largest absolute Gasteiger partial charge is 0.508 e. The number of carbonyl (C=O) groups excluding carboxylic acids is 1. The van der Waals surface area contributed by atoms with Crippen LogP contribution in [0, 0.1) is 0 Å². The van der Waals surface area contributed by atoms with Crippen LogP contribution in [0.15, 0.2) is 54.9 Å². The molecule has 0 saturated heterocycles. The molecule has 1 unspecified atom stereocenters. The average molecular weight is 374 g/mol. The number of benzene rings is 2. The number of aromatic amines is 1. The second kappa shape index (κ2) is 6.49. The molecule has 0 radical (unpaired) electrons. The van der Waals surface area contributed by atoms with Gasteiger partial charge in [0.1, 0.15) is 23.3 Å². The first-order valence-electron chi connectivity index (χ1n) is 9.06. The molecule has 1 atom stereocenters. The van der Waals surface area contributed by atoms with Crippen LogP contribution in [0.3, 0.4) is 0 Å². The van der Waals surface area contributed by atoms with E-state index in [0.29, 0.717) is 13.1 Å². The summed E-state index contributed by atoms with van der Waals surface area (Å²) < 4.78 is 0. The van der Waals surface area contributed by atoms with Crippen molar-refractivity contribution in [1.82, 2.24) is 29.9 Å². The fraction of sp³-hybridized carbons (Fsp3) is 0.200. The number of amides is 1. The molecule has 2 N–H and O–H groups in total. The van der Waals surface area contributed by atoms with Gasteiger partial charge in [-0.25, -0.2) is 4.98 Å². The van der Waals surface area contributed by atoms with Gasteiger partial charge in [0.2, 0.25) is 5.91 Å². The van der Waals surface area contributed by atoms with Crippen molar-refractivity contribution in [2.75, 3.05) is 6.54 Å². The Morgan fingerprint density at radius 2 is 1.93 bits per heavy atom. The lowest BCUT2D eigenvalue weighted by atomic mass is 9.90. The molecule has 0 bridgehead atoms. The van der Waals surface area contributed by atoms with Gasteiger partial charge in [-0.15, -0.1) is 0 Å². The maximum atomic E-state index is 13.0. The summed E-state index contributed by atoms with van der Waals surface area (Å²) in [6.07, 6.45) is 1.65. The van der Waals surface area contributed by atoms with Crippen molar-refractivity contribution >= 4 is 16.9 Å². The van der Waals surface area contributed by atoms with Crippen LogP contribution in [0.2, 0.25) is 0 Å². The molecule has 0 fully saturated rings. The first kappa shape index (κ1) is 16.5. The van der Waals surface area contributed by atoms with Crippen molar-refractivity contribution in [3.63, 3.8) is 0 Å². The minimum absolute atomic E-state index is 0.0642. The number of rotatable bonds is 3. The summed E-state index contributed by atoms with van der Waals surface area (Å²) in [5.74, 6) is 0.0341. The number of H-pyrrole nitrogens is 1. The van der Waals surface area contributed by atoms with Crippen LogP contribution in [0.25, 0.3) is 11.0 Å². The van der Waals surface area contributed by atoms with E-state index in [1.807, 2.05) is 30.3 Å². The summed E-state index contributed by atoms with van der Waals surface area (Å²) in [6, 6.07) is 14.6. The maximum Gasteiger partial charge on any atom is 0.246 e. The molecule has 0 spiro atoms. The molecule has 3 heterocycles. The third-order valence-corrected chi connectivity index (χ3v) is 5.06. The minimum atomic E-state index is -0.101. The highest BCUT2D eigenvalue weighted by Crippen LogP contribution is 2.32. The Bertz CT molecular complexity index is 1130. The van der Waals surface area contributed by atoms with E-state index in [2.05, 4.69) is 20.2 Å². The number of hydrogen-bond donors (Lipinski definition) is 2. The van der Waals surface area contributed by atoms with E-state index in [1.165, 1.54) is 4.80 Å². The molecular weight excluding hydrogens is 356 g/mol. The summed E-state index contributed by atoms with van der Waals surface area (Å²) in [5, 5.41) is 18.6. The average Bonchev–Trinajstić information content (AvgIpc) is 3.33. The van der Waals surface area contributed by atoms with Crippen LogP contribution in [0.4, 0.5) is 0 Å². The number of fused-ring (bicyclic) bond motifs is 2. The summed E-state index contributed by atoms with van der Waals surface area (Å²) in [5.41, 5.74) is 4.28. The van der Waals surface area contributed by atoms with Crippen LogP contribution in [0.1, 0.15) is 22.9 Å². The van der Waals surface area contributed by atoms with E-state index >= 15 is 0 Å². The predicted molar refractivity (Wildman–Crippen MR) is 101 cm³/mol. The second-order valence-electron chi connectivity index (χ2n) is 6.91. The molecule has 2 aromatic carbocycles. The monoisotopic (exact) mass is 374 g/mol. The zero-order chi connectivity index (χ0) is 19.1. The van der Waals surface area contributed by atoms with E-state index in [4.69, 9.17) is 0 Å². The standard InChI is InChI=1S/C20H18N6O2/c27-14-5-3-4-13(8-14)15-9-25(10-18-20(15)22-12-21-18)19(28)11-26-23-16-6-1-2-7-17(16)24-26/h1-8,12,15,27H,9-11H2,(H,21,22). The van der Waals surface area contributed by atoms with Crippen LogP contribution in [-0.4, -0.2) is 47.4 Å². The highest BCUT2D eigenvalue weighted by atomic mass is 16.3. The third kappa shape index (κ3) is 2.88. The molecule has 140 valence electrons. The van der Waals surface area contributed by atoms with Crippen LogP contribution in [0.5, 0.6) is 5.75 Å². The Morgan fingerprint density at radius 1 is 1.14 bits per heavy atom. The quantitative estimate of drug-likeness (QED) is 0.572. The number of nitrogens with one attached hydrogen (secondary N) is 1. The Balaban J connectivity index is 1.41. The Kier molecular flexibility index (Phi) is 3.82. The summed E-state index contributed by atoms with van der Waals surface area (Å²) in [4.78, 5) is 23.8. The van der Waals surface area contributed by atoms with Crippen molar-refractivity contribution < 1.29 is 9.90 Å². The Labute approximate surface area is 160 Å². The number of carbonyl (C=O) groups is 1. The lowest BCUT2D eigenvalue weighted by Gasteiger charge is -2.32. The zero-order valence-corrected chi connectivity index (χ0v) is 15.0. The van der Waals surface area contributed by atoms with Gasteiger partial charge in [-0.3, -0.25) is 4.79 Å². The van der Waals surface area contributed by atoms with Gasteiger partial charge < -0.3 is 15.0 Å². The molecule has 0 saturated carbocycles. The van der Waals surface area contributed by atoms with Gasteiger partial charge in [0.25, 0.3) is 0 Å². The molecule has 1 aliphatic heterocycles. The smallest absolute Gasteiger partial charge is 0.246 e. The van der Waals surface area contributed by atoms with E-state index in [-0.39, 0.29) is 24.1 Å². The lowest BCUT2D eigenvalue weighted by Crippen LogP contribution is -2.40. The molecule has 5 rings (SSSR count). The Hall–Kier alpha value is -3.68. The first-order chi connectivity index (χ1) is 13.7. The number of phenols is 1. The van der Waals surface area contributed by atoms with Crippen molar-refractivity contribution in [2.45, 2.75) is 19.0 Å². The van der Waals surface area contributed by atoms with Gasteiger partial charge in [0, 0.05) is 12.5 Å². The molecule has 8 heteroatoms. The molecule has 8 nitrogen and oxygen atoms in total. The van der Waals surface area contributed by atoms with Gasteiger partial charge >= 0.3 is 0 Å². The lowest BCUT2D eigenvalue weighted by molar-refractivity contribution is -0.133. The van der Waals surface area contributed by atoms with E-state index in [1.54, 1.807) is 29.4 Å². The maximum absolute atomic E-state index is 13.0. The number of phenolic OH excluding ortho intramolecular Hbond substituents is 1. The summed E-state index contributed by atoms with van der Waals surface area (Å²) >= 11 is 0. The second-order valence-corrected chi connectivity index (χ2v) is 6.91. The molecule has 2 aromatic heterocycles. The van der Waals surface area contributed by atoms with Gasteiger partial charge in [-0.05, 0) is 29.8 Å². The molecular formula is C20H18N6O2. The molecule has 1 aliphatic rings. The topological polar surface area (TPSA) is 99.9 Å². The number of imidazole rings is 1. The van der Waals surface area contributed by atoms with Gasteiger partial charge in [0.15, 0.2) is 0 Å². The van der Waals surface area contributed by atoms with Gasteiger partial charge in [-0.1, -0.05) is 24.3 Å². The molecule has 28 heavy (non-hydrogen) atoms. The minimum Gasteiger partial charge on any atom is -0.508 e. The van der Waals surface area contributed by atoms with Crippen molar-refractivity contribution in [3.05, 3.63) is 71.8 Å². The van der Waals surface area contributed by atoms with Gasteiger partial charge in [-0.2, -0.15) is 15.0 Å². The highest BCUT2D eigenvalue weighted by molar-refractivity contribution is 5.77. The number of aromatic nitrogens is 5. The zero-order valence-electron chi connectivity index (χ0n) is 15.0. The molecule has 4 aromatic rings. The van der Waals surface area contributed by atoms with Crippen molar-refractivity contribution in [3.8, 4) is 5.75 Å². The third-order valence-electron chi connectivity index (χ3n) is 5.06. The fourth-order valence-electron chi connectivity index (χ4n) is 3.71. The number of hydrogen-bond acceptors (Lipinski definition) is 5. The number of aromatic hydroxyl groups is 1. The predicted octanol–water partition coefficient (Wildman–Crippen LogP) is 2.03. The van der Waals surface area contributed by atoms with Crippen LogP contribution in [-0.2, 0) is 17.9 Å². The van der Waals surface area contributed by atoms with Crippen molar-refractivity contribution in [2.24, 2.45) is 0 Å². The van der Waals surface area contributed by atoms with E-state index < -0.39 is 0 Å². The highest BCUT2D eigenvalue weighted by Gasteiger charge is 2.31. The normalized spacial score (nSPS) is 16.3. The SMILES string of the molecule is O=C(Cn1nc2ccccc2n1)N1Cc2[nH]cnc2C(c2cccc(O)c2)C1. The van der Waals surface area contributed by atoms with Crippen LogP contribution < -0.4 is 0 Å². The number of nitrogens with zero attached hydrogens (tertiary/aromatic N) is 5. The van der Waals surface area contributed by atoms with Crippen LogP contribution >= 0.6 is 0 Å². The molecule has 1 amide bonds. The van der Waals surface area contributed by atoms with Gasteiger partial charge in [0.05, 0.1) is 24.3 Å². The van der Waals surface area contributed by atoms with E-state index in [0.717, 1.165) is 28.0 Å². The molecule has 0 aliphatic carbocycles. The Morgan fingerprint density at radius 3 is 2.68 bits per heavy atom.